The first-order valence-corrected chi connectivity index (χ1v) is 7.72. The molecule has 1 aromatic carbocycles. The van der Waals surface area contributed by atoms with Crippen LogP contribution in [0.4, 0.5) is 0 Å². The molecule has 2 fully saturated rings. The molecule has 1 aliphatic heterocycles. The quantitative estimate of drug-likeness (QED) is 0.871. The second-order valence-corrected chi connectivity index (χ2v) is 6.63. The summed E-state index contributed by atoms with van der Waals surface area (Å²) in [6.45, 7) is 2.76. The summed E-state index contributed by atoms with van der Waals surface area (Å²) in [6.07, 6.45) is 3.39. The van der Waals surface area contributed by atoms with Crippen LogP contribution < -0.4 is 10.6 Å². The minimum absolute atomic E-state index is 0. The zero-order valence-corrected chi connectivity index (χ0v) is 13.7. The van der Waals surface area contributed by atoms with Crippen LogP contribution in [-0.4, -0.2) is 19.0 Å². The minimum Gasteiger partial charge on any atom is -0.352 e. The minimum atomic E-state index is 0. The predicted octanol–water partition coefficient (Wildman–Crippen LogP) is 2.88. The van der Waals surface area contributed by atoms with E-state index in [1.807, 2.05) is 24.3 Å². The topological polar surface area (TPSA) is 41.1 Å². The highest BCUT2D eigenvalue weighted by Crippen LogP contribution is 2.58. The summed E-state index contributed by atoms with van der Waals surface area (Å²) in [7, 11) is 0. The second kappa shape index (κ2) is 6.46. The third kappa shape index (κ3) is 3.35. The zero-order valence-electron chi connectivity index (χ0n) is 11.3. The van der Waals surface area contributed by atoms with E-state index in [4.69, 9.17) is 0 Å². The van der Waals surface area contributed by atoms with E-state index in [0.29, 0.717) is 12.0 Å². The SMILES string of the molecule is Cl.O=C(NCc1cccc(Br)c1)C1CC12CCNCC2. The molecule has 0 bridgehead atoms. The van der Waals surface area contributed by atoms with E-state index < -0.39 is 0 Å². The van der Waals surface area contributed by atoms with Gasteiger partial charge in [-0.2, -0.15) is 0 Å². The summed E-state index contributed by atoms with van der Waals surface area (Å²) in [6, 6.07) is 8.08. The van der Waals surface area contributed by atoms with Gasteiger partial charge in [0.1, 0.15) is 0 Å². The molecule has 1 aromatic rings. The Hall–Kier alpha value is -0.580. The van der Waals surface area contributed by atoms with Crippen molar-refractivity contribution >= 4 is 34.2 Å². The van der Waals surface area contributed by atoms with Gasteiger partial charge in [-0.15, -0.1) is 12.4 Å². The summed E-state index contributed by atoms with van der Waals surface area (Å²) < 4.78 is 1.06. The molecule has 1 amide bonds. The van der Waals surface area contributed by atoms with Crippen LogP contribution in [0.1, 0.15) is 24.8 Å². The summed E-state index contributed by atoms with van der Waals surface area (Å²) in [5.74, 6) is 0.489. The van der Waals surface area contributed by atoms with Gasteiger partial charge < -0.3 is 10.6 Å². The Morgan fingerprint density at radius 3 is 2.85 bits per heavy atom. The number of hydrogen-bond donors (Lipinski definition) is 2. The number of carbonyl (C=O) groups excluding carboxylic acids is 1. The molecule has 2 N–H and O–H groups in total. The fourth-order valence-corrected chi connectivity index (χ4v) is 3.60. The first-order valence-electron chi connectivity index (χ1n) is 6.92. The number of hydrogen-bond acceptors (Lipinski definition) is 2. The van der Waals surface area contributed by atoms with E-state index in [-0.39, 0.29) is 24.2 Å². The van der Waals surface area contributed by atoms with E-state index in [0.717, 1.165) is 42.4 Å². The summed E-state index contributed by atoms with van der Waals surface area (Å²) in [5, 5.41) is 6.45. The normalized spacial score (nSPS) is 22.9. The van der Waals surface area contributed by atoms with Crippen LogP contribution in [0.5, 0.6) is 0 Å². The molecule has 1 saturated carbocycles. The molecule has 0 radical (unpaired) electrons. The Labute approximate surface area is 134 Å². The standard InChI is InChI=1S/C15H19BrN2O.ClH/c16-12-3-1-2-11(8-12)10-18-14(19)13-9-15(13)4-6-17-7-5-15;/h1-3,8,13,17H,4-7,9-10H2,(H,18,19);1H. The highest BCUT2D eigenvalue weighted by atomic mass is 79.9. The number of piperidine rings is 1. The van der Waals surface area contributed by atoms with Crippen molar-refractivity contribution in [2.45, 2.75) is 25.8 Å². The molecule has 110 valence electrons. The monoisotopic (exact) mass is 358 g/mol. The van der Waals surface area contributed by atoms with Crippen molar-refractivity contribution < 1.29 is 4.79 Å². The third-order valence-corrected chi connectivity index (χ3v) is 4.95. The van der Waals surface area contributed by atoms with Crippen LogP contribution in [0.25, 0.3) is 0 Å². The molecular formula is C15H20BrClN2O. The van der Waals surface area contributed by atoms with Gasteiger partial charge in [0.05, 0.1) is 0 Å². The molecule has 20 heavy (non-hydrogen) atoms. The lowest BCUT2D eigenvalue weighted by Gasteiger charge is -2.23. The Kier molecular flexibility index (Phi) is 5.10. The maximum atomic E-state index is 12.2. The van der Waals surface area contributed by atoms with Crippen LogP contribution in [-0.2, 0) is 11.3 Å². The molecular weight excluding hydrogens is 340 g/mol. The van der Waals surface area contributed by atoms with Gasteiger partial charge in [-0.05, 0) is 55.5 Å². The number of amides is 1. The lowest BCUT2D eigenvalue weighted by molar-refractivity contribution is -0.123. The molecule has 1 aliphatic carbocycles. The molecule has 2 aliphatic rings. The van der Waals surface area contributed by atoms with Crippen LogP contribution in [0.15, 0.2) is 28.7 Å². The van der Waals surface area contributed by atoms with Crippen LogP contribution >= 0.6 is 28.3 Å². The third-order valence-electron chi connectivity index (χ3n) is 4.46. The van der Waals surface area contributed by atoms with Gasteiger partial charge in [-0.25, -0.2) is 0 Å². The lowest BCUT2D eigenvalue weighted by Crippen LogP contribution is -2.33. The molecule has 3 rings (SSSR count). The molecule has 1 unspecified atom stereocenters. The van der Waals surface area contributed by atoms with Crippen molar-refractivity contribution in [3.8, 4) is 0 Å². The maximum absolute atomic E-state index is 12.2. The molecule has 1 heterocycles. The molecule has 0 aromatic heterocycles. The Bertz CT molecular complexity index is 489. The van der Waals surface area contributed by atoms with E-state index in [1.54, 1.807) is 0 Å². The van der Waals surface area contributed by atoms with Gasteiger partial charge in [0, 0.05) is 16.9 Å². The lowest BCUT2D eigenvalue weighted by atomic mass is 9.92. The largest absolute Gasteiger partial charge is 0.352 e. The van der Waals surface area contributed by atoms with Gasteiger partial charge in [0.25, 0.3) is 0 Å². The van der Waals surface area contributed by atoms with Crippen molar-refractivity contribution in [1.82, 2.24) is 10.6 Å². The molecule has 3 nitrogen and oxygen atoms in total. The van der Waals surface area contributed by atoms with Gasteiger partial charge in [-0.1, -0.05) is 28.1 Å². The van der Waals surface area contributed by atoms with Crippen molar-refractivity contribution in [3.05, 3.63) is 34.3 Å². The molecule has 1 atom stereocenters. The average molecular weight is 360 g/mol. The van der Waals surface area contributed by atoms with E-state index in [1.165, 1.54) is 0 Å². The number of nitrogens with one attached hydrogen (secondary N) is 2. The molecule has 5 heteroatoms. The molecule has 1 saturated heterocycles. The van der Waals surface area contributed by atoms with Gasteiger partial charge in [-0.3, -0.25) is 4.79 Å². The first-order chi connectivity index (χ1) is 9.20. The van der Waals surface area contributed by atoms with Gasteiger partial charge >= 0.3 is 0 Å². The number of halogens is 2. The Morgan fingerprint density at radius 2 is 2.15 bits per heavy atom. The van der Waals surface area contributed by atoms with Gasteiger partial charge in [0.15, 0.2) is 0 Å². The van der Waals surface area contributed by atoms with E-state index in [2.05, 4.69) is 26.6 Å². The fraction of sp³-hybridized carbons (Fsp3) is 0.533. The Morgan fingerprint density at radius 1 is 1.40 bits per heavy atom. The van der Waals surface area contributed by atoms with Crippen molar-refractivity contribution in [3.63, 3.8) is 0 Å². The fourth-order valence-electron chi connectivity index (χ4n) is 3.15. The van der Waals surface area contributed by atoms with Crippen LogP contribution in [0.2, 0.25) is 0 Å². The summed E-state index contributed by atoms with van der Waals surface area (Å²) in [4.78, 5) is 12.2. The number of carbonyl (C=O) groups is 1. The van der Waals surface area contributed by atoms with E-state index >= 15 is 0 Å². The maximum Gasteiger partial charge on any atom is 0.223 e. The van der Waals surface area contributed by atoms with Gasteiger partial charge in [0.2, 0.25) is 5.91 Å². The second-order valence-electron chi connectivity index (χ2n) is 5.72. The highest BCUT2D eigenvalue weighted by Gasteiger charge is 2.57. The van der Waals surface area contributed by atoms with Crippen molar-refractivity contribution in [2.75, 3.05) is 13.1 Å². The first kappa shape index (κ1) is 15.8. The van der Waals surface area contributed by atoms with E-state index in [9.17, 15) is 4.79 Å². The van der Waals surface area contributed by atoms with Crippen molar-refractivity contribution in [1.29, 1.82) is 0 Å². The predicted molar refractivity (Wildman–Crippen MR) is 85.9 cm³/mol. The molecule has 1 spiro atoms. The van der Waals surface area contributed by atoms with Crippen molar-refractivity contribution in [2.24, 2.45) is 11.3 Å². The highest BCUT2D eigenvalue weighted by molar-refractivity contribution is 9.10. The zero-order chi connectivity index (χ0) is 13.3. The number of benzene rings is 1. The summed E-state index contributed by atoms with van der Waals surface area (Å²) >= 11 is 3.45. The number of rotatable bonds is 3. The Balaban J connectivity index is 0.00000147. The average Bonchev–Trinajstić information content (AvgIpc) is 3.10. The summed E-state index contributed by atoms with van der Waals surface area (Å²) in [5.41, 5.74) is 1.47. The smallest absolute Gasteiger partial charge is 0.223 e. The van der Waals surface area contributed by atoms with Crippen LogP contribution in [0.3, 0.4) is 0 Å². The van der Waals surface area contributed by atoms with Crippen LogP contribution in [0, 0.1) is 11.3 Å².